The number of furan rings is 2. The molecule has 11 rings (SSSR count). The SMILES string of the molecule is C/C=C\C=C/c1cc(-c2cc(-c3ccc4ccccc4c3)cc3oc4ccccc4c23)ccc1-c1nc(-c2ccccc2)nc(-c2cccc3oc4ccccc4c23)n1. The van der Waals surface area contributed by atoms with E-state index < -0.39 is 0 Å². The summed E-state index contributed by atoms with van der Waals surface area (Å²) in [7, 11) is 0. The Morgan fingerprint density at radius 2 is 1.03 bits per heavy atom. The van der Waals surface area contributed by atoms with Crippen LogP contribution in [-0.2, 0) is 0 Å². The first-order valence-corrected chi connectivity index (χ1v) is 19.8. The van der Waals surface area contributed by atoms with E-state index in [1.165, 1.54) is 10.8 Å². The van der Waals surface area contributed by atoms with Crippen LogP contribution in [0.1, 0.15) is 12.5 Å². The van der Waals surface area contributed by atoms with Crippen molar-refractivity contribution in [3.05, 3.63) is 194 Å². The second-order valence-corrected chi connectivity index (χ2v) is 14.7. The fourth-order valence-electron chi connectivity index (χ4n) is 8.25. The van der Waals surface area contributed by atoms with Crippen LogP contribution in [0.4, 0.5) is 0 Å². The summed E-state index contributed by atoms with van der Waals surface area (Å²) in [5.74, 6) is 1.75. The summed E-state index contributed by atoms with van der Waals surface area (Å²) in [6.07, 6.45) is 8.26. The Balaban J connectivity index is 1.14. The highest BCUT2D eigenvalue weighted by molar-refractivity contribution is 6.14. The Labute approximate surface area is 340 Å². The largest absolute Gasteiger partial charge is 0.456 e. The molecule has 0 radical (unpaired) electrons. The lowest BCUT2D eigenvalue weighted by atomic mass is 9.91. The average Bonchev–Trinajstić information content (AvgIpc) is 3.87. The predicted molar refractivity (Wildman–Crippen MR) is 243 cm³/mol. The molecule has 59 heavy (non-hydrogen) atoms. The van der Waals surface area contributed by atoms with Crippen LogP contribution in [0.25, 0.3) is 117 Å². The van der Waals surface area contributed by atoms with E-state index in [1.807, 2.05) is 91.9 Å². The summed E-state index contributed by atoms with van der Waals surface area (Å²) >= 11 is 0. The number of aromatic nitrogens is 3. The van der Waals surface area contributed by atoms with Crippen molar-refractivity contribution in [1.82, 2.24) is 15.0 Å². The van der Waals surface area contributed by atoms with E-state index in [9.17, 15) is 0 Å². The molecule has 5 heteroatoms. The van der Waals surface area contributed by atoms with Gasteiger partial charge in [-0.1, -0.05) is 146 Å². The van der Waals surface area contributed by atoms with Gasteiger partial charge < -0.3 is 8.83 Å². The first-order valence-electron chi connectivity index (χ1n) is 19.8. The molecule has 0 saturated heterocycles. The Bertz CT molecular complexity index is 3460. The number of nitrogens with zero attached hydrogens (tertiary/aromatic N) is 3. The average molecular weight is 758 g/mol. The molecule has 11 aromatic rings. The summed E-state index contributed by atoms with van der Waals surface area (Å²) in [5.41, 5.74) is 11.3. The molecule has 0 aliphatic rings. The van der Waals surface area contributed by atoms with Crippen LogP contribution in [0.5, 0.6) is 0 Å². The molecule has 0 fully saturated rings. The number of para-hydroxylation sites is 2. The highest BCUT2D eigenvalue weighted by atomic mass is 16.3. The van der Waals surface area contributed by atoms with E-state index in [4.69, 9.17) is 23.8 Å². The van der Waals surface area contributed by atoms with E-state index in [-0.39, 0.29) is 0 Å². The molecule has 8 aromatic carbocycles. The van der Waals surface area contributed by atoms with E-state index in [1.54, 1.807) is 0 Å². The van der Waals surface area contributed by atoms with Gasteiger partial charge in [0.2, 0.25) is 0 Å². The summed E-state index contributed by atoms with van der Waals surface area (Å²) in [5, 5.41) is 6.56. The minimum absolute atomic E-state index is 0.577. The van der Waals surface area contributed by atoms with Gasteiger partial charge in [-0.15, -0.1) is 0 Å². The maximum Gasteiger partial charge on any atom is 0.164 e. The number of fused-ring (bicyclic) bond motifs is 7. The van der Waals surface area contributed by atoms with Crippen molar-refractivity contribution in [3.8, 4) is 56.4 Å². The molecule has 3 heterocycles. The van der Waals surface area contributed by atoms with E-state index in [0.717, 1.165) is 88.4 Å². The van der Waals surface area contributed by atoms with Crippen LogP contribution in [-0.4, -0.2) is 15.0 Å². The summed E-state index contributed by atoms with van der Waals surface area (Å²) < 4.78 is 12.9. The van der Waals surface area contributed by atoms with Crippen molar-refractivity contribution in [1.29, 1.82) is 0 Å². The Morgan fingerprint density at radius 1 is 0.390 bits per heavy atom. The van der Waals surface area contributed by atoms with Crippen LogP contribution >= 0.6 is 0 Å². The van der Waals surface area contributed by atoms with Gasteiger partial charge in [0.15, 0.2) is 17.5 Å². The van der Waals surface area contributed by atoms with Gasteiger partial charge >= 0.3 is 0 Å². The standard InChI is InChI=1S/C54H35N3O2/c1-2-3-5-19-38-31-39(45-32-40(37-27-26-34-15-8-9-18-36(34)30-37)33-49-51(45)43-21-11-13-24-47(43)59-49)28-29-41(38)53-55-52(35-16-6-4-7-17-35)56-54(57-53)44-22-14-25-48-50(44)42-20-10-12-23-46(42)58-48/h2-33H,1H3/b3-2-,19-5-. The van der Waals surface area contributed by atoms with Crippen molar-refractivity contribution in [2.75, 3.05) is 0 Å². The molecule has 0 aliphatic carbocycles. The topological polar surface area (TPSA) is 65.0 Å². The Kier molecular flexibility index (Phi) is 8.30. The third-order valence-corrected chi connectivity index (χ3v) is 11.1. The number of hydrogen-bond donors (Lipinski definition) is 0. The van der Waals surface area contributed by atoms with Crippen LogP contribution in [0, 0.1) is 0 Å². The van der Waals surface area contributed by atoms with Gasteiger partial charge in [-0.3, -0.25) is 0 Å². The minimum atomic E-state index is 0.577. The molecule has 5 nitrogen and oxygen atoms in total. The molecule has 0 saturated carbocycles. The molecule has 0 spiro atoms. The summed E-state index contributed by atoms with van der Waals surface area (Å²) in [6, 6.07) is 58.7. The van der Waals surface area contributed by atoms with Gasteiger partial charge in [-0.2, -0.15) is 0 Å². The molecular weight excluding hydrogens is 723 g/mol. The zero-order valence-electron chi connectivity index (χ0n) is 32.1. The van der Waals surface area contributed by atoms with Crippen molar-refractivity contribution >= 4 is 60.7 Å². The van der Waals surface area contributed by atoms with E-state index in [0.29, 0.717) is 17.5 Å². The third kappa shape index (κ3) is 6.08. The minimum Gasteiger partial charge on any atom is -0.456 e. The zero-order valence-corrected chi connectivity index (χ0v) is 32.1. The molecule has 3 aromatic heterocycles. The van der Waals surface area contributed by atoms with Crippen molar-refractivity contribution in [2.45, 2.75) is 6.92 Å². The lowest BCUT2D eigenvalue weighted by Crippen LogP contribution is -2.01. The smallest absolute Gasteiger partial charge is 0.164 e. The van der Waals surface area contributed by atoms with Crippen molar-refractivity contribution < 1.29 is 8.83 Å². The summed E-state index contributed by atoms with van der Waals surface area (Å²) in [4.78, 5) is 15.5. The number of hydrogen-bond acceptors (Lipinski definition) is 5. The van der Waals surface area contributed by atoms with Gasteiger partial charge in [0, 0.05) is 38.2 Å². The predicted octanol–water partition coefficient (Wildman–Crippen LogP) is 14.7. The van der Waals surface area contributed by atoms with Gasteiger partial charge in [0.05, 0.1) is 0 Å². The molecule has 0 bridgehead atoms. The Hall–Kier alpha value is -7.89. The van der Waals surface area contributed by atoms with E-state index >= 15 is 0 Å². The molecular formula is C54H35N3O2. The second-order valence-electron chi connectivity index (χ2n) is 14.7. The Morgan fingerprint density at radius 3 is 1.83 bits per heavy atom. The fourth-order valence-corrected chi connectivity index (χ4v) is 8.25. The highest BCUT2D eigenvalue weighted by Crippen LogP contribution is 2.42. The monoisotopic (exact) mass is 757 g/mol. The summed E-state index contributed by atoms with van der Waals surface area (Å²) in [6.45, 7) is 2.02. The van der Waals surface area contributed by atoms with Gasteiger partial charge in [-0.25, -0.2) is 15.0 Å². The lowest BCUT2D eigenvalue weighted by Gasteiger charge is -2.14. The lowest BCUT2D eigenvalue weighted by molar-refractivity contribution is 0.668. The van der Waals surface area contributed by atoms with Crippen molar-refractivity contribution in [2.24, 2.45) is 0 Å². The molecule has 0 amide bonds. The van der Waals surface area contributed by atoms with Gasteiger partial charge in [0.1, 0.15) is 22.3 Å². The molecule has 0 N–H and O–H groups in total. The van der Waals surface area contributed by atoms with Crippen LogP contribution in [0.2, 0.25) is 0 Å². The number of allylic oxidation sites excluding steroid dienone is 3. The first kappa shape index (κ1) is 34.4. The molecule has 0 atom stereocenters. The van der Waals surface area contributed by atoms with Gasteiger partial charge in [0.25, 0.3) is 0 Å². The third-order valence-electron chi connectivity index (χ3n) is 11.1. The van der Waals surface area contributed by atoms with Gasteiger partial charge in [-0.05, 0) is 94.0 Å². The number of rotatable bonds is 7. The fraction of sp³-hybridized carbons (Fsp3) is 0.0185. The molecule has 0 aliphatic heterocycles. The zero-order chi connectivity index (χ0) is 39.3. The van der Waals surface area contributed by atoms with Crippen LogP contribution < -0.4 is 0 Å². The maximum atomic E-state index is 6.57. The van der Waals surface area contributed by atoms with E-state index in [2.05, 4.69) is 109 Å². The first-order chi connectivity index (χ1) is 29.2. The molecule has 0 unspecified atom stereocenters. The molecule has 278 valence electrons. The normalized spacial score (nSPS) is 12.0. The second kappa shape index (κ2) is 14.2. The quantitative estimate of drug-likeness (QED) is 0.151. The van der Waals surface area contributed by atoms with Crippen molar-refractivity contribution in [3.63, 3.8) is 0 Å². The van der Waals surface area contributed by atoms with Crippen LogP contribution in [0.15, 0.2) is 197 Å². The van der Waals surface area contributed by atoms with Crippen LogP contribution in [0.3, 0.4) is 0 Å². The number of benzene rings is 8. The maximum absolute atomic E-state index is 6.57. The highest BCUT2D eigenvalue weighted by Gasteiger charge is 2.21.